The Morgan fingerprint density at radius 3 is 2.05 bits per heavy atom. The molecule has 0 aliphatic rings. The molecule has 0 heteroatoms. The van der Waals surface area contributed by atoms with E-state index in [0.29, 0.717) is 0 Å². The molecule has 2 aromatic rings. The molecule has 106 valence electrons. The lowest BCUT2D eigenvalue weighted by Gasteiger charge is -2.21. The van der Waals surface area contributed by atoms with Crippen molar-refractivity contribution in [1.29, 1.82) is 0 Å². The third kappa shape index (κ3) is 3.30. The molecule has 2 rings (SSSR count). The van der Waals surface area contributed by atoms with E-state index in [1.54, 1.807) is 0 Å². The Kier molecular flexibility index (Phi) is 4.04. The molecular weight excluding hydrogens is 240 g/mol. The van der Waals surface area contributed by atoms with Crippen LogP contribution < -0.4 is 0 Å². The Morgan fingerprint density at radius 2 is 1.45 bits per heavy atom. The van der Waals surface area contributed by atoms with E-state index in [2.05, 4.69) is 77.9 Å². The van der Waals surface area contributed by atoms with Gasteiger partial charge in [-0.3, -0.25) is 0 Å². The summed E-state index contributed by atoms with van der Waals surface area (Å²) in [6, 6.07) is 13.7. The maximum absolute atomic E-state index is 2.38. The summed E-state index contributed by atoms with van der Waals surface area (Å²) in [5, 5.41) is 0. The fourth-order valence-electron chi connectivity index (χ4n) is 2.58. The molecule has 20 heavy (non-hydrogen) atoms. The van der Waals surface area contributed by atoms with Crippen molar-refractivity contribution in [2.24, 2.45) is 0 Å². The van der Waals surface area contributed by atoms with Gasteiger partial charge in [-0.15, -0.1) is 0 Å². The Bertz CT molecular complexity index is 612. The van der Waals surface area contributed by atoms with Crippen molar-refractivity contribution >= 4 is 0 Å². The van der Waals surface area contributed by atoms with E-state index in [1.807, 2.05) is 0 Å². The summed E-state index contributed by atoms with van der Waals surface area (Å²) in [5.74, 6) is 0. The van der Waals surface area contributed by atoms with Crippen molar-refractivity contribution in [3.63, 3.8) is 0 Å². The Labute approximate surface area is 123 Å². The average molecular weight is 266 g/mol. The summed E-state index contributed by atoms with van der Waals surface area (Å²) >= 11 is 0. The quantitative estimate of drug-likeness (QED) is 0.673. The van der Waals surface area contributed by atoms with Gasteiger partial charge in [-0.25, -0.2) is 0 Å². The summed E-state index contributed by atoms with van der Waals surface area (Å²) < 4.78 is 0. The molecule has 0 saturated heterocycles. The first-order valence-corrected chi connectivity index (χ1v) is 7.43. The molecule has 0 saturated carbocycles. The lowest BCUT2D eigenvalue weighted by molar-refractivity contribution is 0.589. The molecule has 2 aromatic carbocycles. The molecule has 0 nitrogen and oxygen atoms in total. The van der Waals surface area contributed by atoms with Gasteiger partial charge in [-0.1, -0.05) is 62.7 Å². The number of aryl methyl sites for hydroxylation is 3. The van der Waals surface area contributed by atoms with Crippen LogP contribution in [0.5, 0.6) is 0 Å². The standard InChI is InChI=1S/C20H26/c1-14-7-9-17(16(3)11-14)12-18-13-19(20(4,5)6)10-8-15(18)2/h7-11,13H,12H2,1-6H3. The van der Waals surface area contributed by atoms with Gasteiger partial charge >= 0.3 is 0 Å². The van der Waals surface area contributed by atoms with Gasteiger partial charge in [-0.2, -0.15) is 0 Å². The van der Waals surface area contributed by atoms with Crippen LogP contribution in [0.3, 0.4) is 0 Å². The van der Waals surface area contributed by atoms with Crippen molar-refractivity contribution in [3.8, 4) is 0 Å². The first kappa shape index (κ1) is 14.8. The Hall–Kier alpha value is -1.56. The first-order chi connectivity index (χ1) is 9.27. The van der Waals surface area contributed by atoms with Gasteiger partial charge in [0.1, 0.15) is 0 Å². The molecule has 0 unspecified atom stereocenters. The maximum atomic E-state index is 2.38. The second kappa shape index (κ2) is 5.44. The summed E-state index contributed by atoms with van der Waals surface area (Å²) in [4.78, 5) is 0. The molecule has 0 N–H and O–H groups in total. The largest absolute Gasteiger partial charge is 0.0590 e. The third-order valence-corrected chi connectivity index (χ3v) is 4.09. The highest BCUT2D eigenvalue weighted by atomic mass is 14.2. The van der Waals surface area contributed by atoms with Crippen LogP contribution in [-0.2, 0) is 11.8 Å². The lowest BCUT2D eigenvalue weighted by atomic mass is 9.84. The van der Waals surface area contributed by atoms with E-state index in [4.69, 9.17) is 0 Å². The zero-order valence-corrected chi connectivity index (χ0v) is 13.7. The van der Waals surface area contributed by atoms with E-state index < -0.39 is 0 Å². The number of hydrogen-bond acceptors (Lipinski definition) is 0. The Balaban J connectivity index is 2.38. The van der Waals surface area contributed by atoms with Gasteiger partial charge in [0.05, 0.1) is 0 Å². The maximum Gasteiger partial charge on any atom is -0.00204 e. The zero-order valence-electron chi connectivity index (χ0n) is 13.7. The summed E-state index contributed by atoms with van der Waals surface area (Å²) in [6.45, 7) is 13.4. The van der Waals surface area contributed by atoms with Crippen LogP contribution in [0.1, 0.15) is 54.2 Å². The molecule has 0 aliphatic heterocycles. The molecule has 0 bridgehead atoms. The normalized spacial score (nSPS) is 11.7. The van der Waals surface area contributed by atoms with Crippen molar-refractivity contribution < 1.29 is 0 Å². The van der Waals surface area contributed by atoms with E-state index in [1.165, 1.54) is 33.4 Å². The highest BCUT2D eigenvalue weighted by molar-refractivity contribution is 5.40. The predicted molar refractivity (Wildman–Crippen MR) is 88.6 cm³/mol. The minimum Gasteiger partial charge on any atom is -0.0590 e. The average Bonchev–Trinajstić information content (AvgIpc) is 2.33. The fourth-order valence-corrected chi connectivity index (χ4v) is 2.58. The monoisotopic (exact) mass is 266 g/mol. The molecule has 0 aliphatic carbocycles. The summed E-state index contributed by atoms with van der Waals surface area (Å²) in [6.07, 6.45) is 1.03. The van der Waals surface area contributed by atoms with Crippen molar-refractivity contribution in [3.05, 3.63) is 69.8 Å². The van der Waals surface area contributed by atoms with Crippen LogP contribution in [0.25, 0.3) is 0 Å². The highest BCUT2D eigenvalue weighted by Crippen LogP contribution is 2.26. The minimum absolute atomic E-state index is 0.213. The molecule has 0 atom stereocenters. The fraction of sp³-hybridized carbons (Fsp3) is 0.400. The number of benzene rings is 2. The lowest BCUT2D eigenvalue weighted by Crippen LogP contribution is -2.12. The predicted octanol–water partition coefficient (Wildman–Crippen LogP) is 5.50. The molecule has 0 amide bonds. The van der Waals surface area contributed by atoms with Gasteiger partial charge in [0, 0.05) is 0 Å². The number of hydrogen-bond donors (Lipinski definition) is 0. The smallest absolute Gasteiger partial charge is 0.00204 e. The van der Waals surface area contributed by atoms with Gasteiger partial charge in [0.25, 0.3) is 0 Å². The zero-order chi connectivity index (χ0) is 14.9. The van der Waals surface area contributed by atoms with E-state index in [-0.39, 0.29) is 5.41 Å². The topological polar surface area (TPSA) is 0 Å². The highest BCUT2D eigenvalue weighted by Gasteiger charge is 2.15. The third-order valence-electron chi connectivity index (χ3n) is 4.09. The van der Waals surface area contributed by atoms with Gasteiger partial charge < -0.3 is 0 Å². The molecule has 0 heterocycles. The second-order valence-corrected chi connectivity index (χ2v) is 7.00. The SMILES string of the molecule is Cc1ccc(Cc2cc(C(C)(C)C)ccc2C)c(C)c1. The van der Waals surface area contributed by atoms with Crippen LogP contribution in [0.2, 0.25) is 0 Å². The van der Waals surface area contributed by atoms with Gasteiger partial charge in [-0.05, 0) is 60.4 Å². The molecule has 0 spiro atoms. The van der Waals surface area contributed by atoms with E-state index in [0.717, 1.165) is 6.42 Å². The van der Waals surface area contributed by atoms with Crippen LogP contribution >= 0.6 is 0 Å². The molecule has 0 fully saturated rings. The van der Waals surface area contributed by atoms with Crippen molar-refractivity contribution in [1.82, 2.24) is 0 Å². The molecule has 0 radical (unpaired) electrons. The first-order valence-electron chi connectivity index (χ1n) is 7.43. The molecular formula is C20H26. The van der Waals surface area contributed by atoms with Crippen LogP contribution in [-0.4, -0.2) is 0 Å². The van der Waals surface area contributed by atoms with Gasteiger partial charge in [0.15, 0.2) is 0 Å². The summed E-state index contributed by atoms with van der Waals surface area (Å²) in [5.41, 5.74) is 8.64. The van der Waals surface area contributed by atoms with Crippen LogP contribution in [0.4, 0.5) is 0 Å². The second-order valence-electron chi connectivity index (χ2n) is 7.00. The van der Waals surface area contributed by atoms with Crippen molar-refractivity contribution in [2.75, 3.05) is 0 Å². The van der Waals surface area contributed by atoms with Crippen molar-refractivity contribution in [2.45, 2.75) is 53.4 Å². The summed E-state index contributed by atoms with van der Waals surface area (Å²) in [7, 11) is 0. The van der Waals surface area contributed by atoms with Gasteiger partial charge in [0.2, 0.25) is 0 Å². The van der Waals surface area contributed by atoms with E-state index in [9.17, 15) is 0 Å². The van der Waals surface area contributed by atoms with Crippen LogP contribution in [0.15, 0.2) is 36.4 Å². The van der Waals surface area contributed by atoms with Crippen LogP contribution in [0, 0.1) is 20.8 Å². The molecule has 0 aromatic heterocycles. The minimum atomic E-state index is 0.213. The number of rotatable bonds is 2. The Morgan fingerprint density at radius 1 is 0.750 bits per heavy atom. The van der Waals surface area contributed by atoms with E-state index >= 15 is 0 Å².